The van der Waals surface area contributed by atoms with Crippen molar-refractivity contribution in [3.05, 3.63) is 237 Å². The van der Waals surface area contributed by atoms with Crippen LogP contribution < -0.4 is 4.90 Å². The molecule has 7 nitrogen and oxygen atoms in total. The van der Waals surface area contributed by atoms with Gasteiger partial charge in [-0.05, 0) is 83.2 Å². The van der Waals surface area contributed by atoms with Gasteiger partial charge in [0.15, 0.2) is 11.6 Å². The molecule has 0 N–H and O–H groups in total. The minimum atomic E-state index is 0.533. The fraction of sp³-hybridized carbons (Fsp3) is 0. The molecule has 0 saturated heterocycles. The normalized spacial score (nSPS) is 12.2. The number of fused-ring (bicyclic) bond motifs is 10. The quantitative estimate of drug-likeness (QED) is 0.156. The van der Waals surface area contributed by atoms with E-state index >= 15 is 0 Å². The van der Waals surface area contributed by atoms with Gasteiger partial charge in [0.2, 0.25) is 5.95 Å². The number of aromatic nitrogens is 6. The summed E-state index contributed by atoms with van der Waals surface area (Å²) >= 11 is 0. The number of hydrogen-bond acceptors (Lipinski definition) is 5. The van der Waals surface area contributed by atoms with Crippen LogP contribution in [0.3, 0.4) is 0 Å². The Morgan fingerprint density at radius 3 is 1.45 bits per heavy atom. The SMILES string of the molecule is c1ccc(-c2nc(-c3ccccc3)nc(N3c4cccc(-c5ccc(-n6c7ccccc7c7cc8c(cc76)c6ccccc6n8-c6ccccc6)cc5)c4-c4nc5ccccc5c5cccc3c45)n2)cc1. The number of rotatable bonds is 6. The number of hydrogen-bond donors (Lipinski definition) is 0. The van der Waals surface area contributed by atoms with Crippen LogP contribution in [-0.2, 0) is 0 Å². The Morgan fingerprint density at radius 2 is 0.817 bits per heavy atom. The third-order valence-corrected chi connectivity index (χ3v) is 14.3. The van der Waals surface area contributed by atoms with Crippen molar-refractivity contribution < 1.29 is 0 Å². The zero-order valence-electron chi connectivity index (χ0n) is 38.1. The highest BCUT2D eigenvalue weighted by Gasteiger charge is 2.32. The Labute approximate surface area is 407 Å². The van der Waals surface area contributed by atoms with Gasteiger partial charge >= 0.3 is 0 Å². The van der Waals surface area contributed by atoms with Crippen LogP contribution >= 0.6 is 0 Å². The van der Waals surface area contributed by atoms with Crippen LogP contribution in [0.1, 0.15) is 0 Å². The summed E-state index contributed by atoms with van der Waals surface area (Å²) in [5, 5.41) is 8.14. The molecular formula is C64H39N7. The van der Waals surface area contributed by atoms with Crippen molar-refractivity contribution in [1.82, 2.24) is 29.1 Å². The molecule has 14 aromatic rings. The molecule has 4 aromatic heterocycles. The summed E-state index contributed by atoms with van der Waals surface area (Å²) in [6.07, 6.45) is 0. The number of nitrogens with zero attached hydrogens (tertiary/aromatic N) is 7. The first-order valence-corrected chi connectivity index (χ1v) is 24.0. The standard InChI is InChI=1S/C64H39N7/c1-4-18-41(19-5-1)62-66-63(42-20-6-2-7-21-42)68-64(67-62)71-55-32-16-27-45(59(55)61-60-49(28-17-33-56(60)71)46-24-10-13-29-52(46)65-61)40-34-36-44(37-35-40)70-54-31-15-12-26-48(54)51-38-57-50(39-58(51)70)47-25-11-14-30-53(47)69(57)43-22-8-3-9-23-43/h1-39H. The van der Waals surface area contributed by atoms with Crippen molar-refractivity contribution in [2.45, 2.75) is 0 Å². The van der Waals surface area contributed by atoms with E-state index < -0.39 is 0 Å². The molecule has 0 aliphatic carbocycles. The maximum absolute atomic E-state index is 5.53. The lowest BCUT2D eigenvalue weighted by Crippen LogP contribution is -2.19. The average molecular weight is 906 g/mol. The van der Waals surface area contributed by atoms with Crippen LogP contribution in [0.15, 0.2) is 237 Å². The zero-order valence-corrected chi connectivity index (χ0v) is 38.1. The van der Waals surface area contributed by atoms with Gasteiger partial charge in [-0.3, -0.25) is 4.90 Å². The van der Waals surface area contributed by atoms with Gasteiger partial charge in [0.1, 0.15) is 0 Å². The largest absolute Gasteiger partial charge is 0.309 e. The second-order valence-electron chi connectivity index (χ2n) is 18.2. The van der Waals surface area contributed by atoms with Crippen molar-refractivity contribution in [3.63, 3.8) is 0 Å². The van der Waals surface area contributed by atoms with E-state index in [0.717, 1.165) is 89.0 Å². The molecule has 1 aliphatic heterocycles. The third-order valence-electron chi connectivity index (χ3n) is 14.3. The Balaban J connectivity index is 0.943. The lowest BCUT2D eigenvalue weighted by Gasteiger charge is -2.33. The van der Waals surface area contributed by atoms with Crippen LogP contribution in [0.4, 0.5) is 17.3 Å². The first-order valence-electron chi connectivity index (χ1n) is 24.0. The monoisotopic (exact) mass is 905 g/mol. The van der Waals surface area contributed by atoms with Crippen molar-refractivity contribution in [2.75, 3.05) is 4.90 Å². The number of anilines is 3. The van der Waals surface area contributed by atoms with Crippen molar-refractivity contribution in [3.8, 4) is 56.5 Å². The predicted octanol–water partition coefficient (Wildman–Crippen LogP) is 16.2. The Kier molecular flexibility index (Phi) is 8.52. The fourth-order valence-corrected chi connectivity index (χ4v) is 11.2. The number of para-hydroxylation sites is 4. The van der Waals surface area contributed by atoms with E-state index in [9.17, 15) is 0 Å². The highest BCUT2D eigenvalue weighted by atomic mass is 15.3. The van der Waals surface area contributed by atoms with Crippen molar-refractivity contribution >= 4 is 82.6 Å². The van der Waals surface area contributed by atoms with E-state index in [1.807, 2.05) is 36.4 Å². The number of benzene rings is 10. The molecule has 1 aliphatic rings. The van der Waals surface area contributed by atoms with Crippen LogP contribution in [0.25, 0.3) is 122 Å². The maximum atomic E-state index is 5.53. The fourth-order valence-electron chi connectivity index (χ4n) is 11.2. The molecule has 10 aromatic carbocycles. The molecule has 330 valence electrons. The molecule has 71 heavy (non-hydrogen) atoms. The van der Waals surface area contributed by atoms with Crippen molar-refractivity contribution in [1.29, 1.82) is 0 Å². The highest BCUT2D eigenvalue weighted by Crippen LogP contribution is 2.54. The van der Waals surface area contributed by atoms with E-state index in [-0.39, 0.29) is 0 Å². The maximum Gasteiger partial charge on any atom is 0.238 e. The molecular weight excluding hydrogens is 867 g/mol. The molecule has 5 heterocycles. The van der Waals surface area contributed by atoms with Crippen molar-refractivity contribution in [2.24, 2.45) is 0 Å². The summed E-state index contributed by atoms with van der Waals surface area (Å²) < 4.78 is 4.82. The van der Waals surface area contributed by atoms with Gasteiger partial charge in [0.05, 0.1) is 44.7 Å². The first-order chi connectivity index (χ1) is 35.2. The summed E-state index contributed by atoms with van der Waals surface area (Å²) in [5.41, 5.74) is 15.7. The lowest BCUT2D eigenvalue weighted by molar-refractivity contribution is 1.02. The molecule has 0 amide bonds. The average Bonchev–Trinajstić information content (AvgIpc) is 3.95. The van der Waals surface area contributed by atoms with Gasteiger partial charge < -0.3 is 9.13 Å². The predicted molar refractivity (Wildman–Crippen MR) is 291 cm³/mol. The Morgan fingerprint density at radius 1 is 0.310 bits per heavy atom. The molecule has 15 rings (SSSR count). The van der Waals surface area contributed by atoms with E-state index in [1.54, 1.807) is 0 Å². The summed E-state index contributed by atoms with van der Waals surface area (Å²) in [5.74, 6) is 1.74. The highest BCUT2D eigenvalue weighted by molar-refractivity contribution is 6.22. The zero-order chi connectivity index (χ0) is 46.6. The Bertz CT molecular complexity index is 4390. The lowest BCUT2D eigenvalue weighted by atomic mass is 9.88. The van der Waals surface area contributed by atoms with Gasteiger partial charge in [0, 0.05) is 60.4 Å². The Hall–Kier alpha value is -9.72. The molecule has 0 spiro atoms. The van der Waals surface area contributed by atoms with Gasteiger partial charge in [0.25, 0.3) is 0 Å². The summed E-state index contributed by atoms with van der Waals surface area (Å²) in [6, 6.07) is 83.9. The minimum absolute atomic E-state index is 0.533. The molecule has 0 fully saturated rings. The minimum Gasteiger partial charge on any atom is -0.309 e. The van der Waals surface area contributed by atoms with E-state index in [0.29, 0.717) is 17.6 Å². The van der Waals surface area contributed by atoms with Gasteiger partial charge in [-0.1, -0.05) is 170 Å². The second-order valence-corrected chi connectivity index (χ2v) is 18.2. The molecule has 0 bridgehead atoms. The number of pyridine rings is 1. The second kappa shape index (κ2) is 15.4. The first kappa shape index (κ1) is 39.3. The van der Waals surface area contributed by atoms with E-state index in [4.69, 9.17) is 19.9 Å². The van der Waals surface area contributed by atoms with Crippen LogP contribution in [0.2, 0.25) is 0 Å². The van der Waals surface area contributed by atoms with E-state index in [2.05, 4.69) is 214 Å². The molecule has 0 unspecified atom stereocenters. The topological polar surface area (TPSA) is 64.7 Å². The smallest absolute Gasteiger partial charge is 0.238 e. The van der Waals surface area contributed by atoms with Crippen LogP contribution in [0, 0.1) is 0 Å². The summed E-state index contributed by atoms with van der Waals surface area (Å²) in [6.45, 7) is 0. The summed E-state index contributed by atoms with van der Waals surface area (Å²) in [4.78, 5) is 23.4. The molecule has 0 atom stereocenters. The van der Waals surface area contributed by atoms with Crippen LogP contribution in [0.5, 0.6) is 0 Å². The van der Waals surface area contributed by atoms with Crippen LogP contribution in [-0.4, -0.2) is 29.1 Å². The molecule has 0 radical (unpaired) electrons. The van der Waals surface area contributed by atoms with E-state index in [1.165, 1.54) is 32.6 Å². The van der Waals surface area contributed by atoms with Gasteiger partial charge in [-0.15, -0.1) is 0 Å². The molecule has 7 heteroatoms. The third kappa shape index (κ3) is 5.96. The van der Waals surface area contributed by atoms with Gasteiger partial charge in [-0.2, -0.15) is 9.97 Å². The summed E-state index contributed by atoms with van der Waals surface area (Å²) in [7, 11) is 0. The van der Waals surface area contributed by atoms with Gasteiger partial charge in [-0.25, -0.2) is 9.97 Å². The molecule has 0 saturated carbocycles.